The van der Waals surface area contributed by atoms with Gasteiger partial charge >= 0.3 is 5.97 Å². The van der Waals surface area contributed by atoms with E-state index >= 15 is 0 Å². The summed E-state index contributed by atoms with van der Waals surface area (Å²) in [5.41, 5.74) is 0.0174. The van der Waals surface area contributed by atoms with Crippen LogP contribution in [-0.2, 0) is 5.75 Å². The normalized spacial score (nSPS) is 10.4. The van der Waals surface area contributed by atoms with Gasteiger partial charge in [0.05, 0.1) is 15.6 Å². The second kappa shape index (κ2) is 6.04. The van der Waals surface area contributed by atoms with Crippen molar-refractivity contribution in [3.8, 4) is 0 Å². The maximum atomic E-state index is 13.9. The lowest BCUT2D eigenvalue weighted by Crippen LogP contribution is -2.02. The van der Waals surface area contributed by atoms with Crippen LogP contribution in [0.4, 0.5) is 4.39 Å². The van der Waals surface area contributed by atoms with Crippen LogP contribution in [0.2, 0.25) is 5.02 Å². The Kier molecular flexibility index (Phi) is 4.39. The maximum absolute atomic E-state index is 13.9. The summed E-state index contributed by atoms with van der Waals surface area (Å²) < 4.78 is 13.9. The van der Waals surface area contributed by atoms with Crippen LogP contribution < -0.4 is 0 Å². The Bertz CT molecular complexity index is 604. The first-order valence-corrected chi connectivity index (χ1v) is 6.69. The standard InChI is InChI=1S/C13H9ClFNO2S/c14-9-4-5-11(16-6-9)19-7-8-2-1-3-10(12(8)15)13(17)18/h1-6H,7H2,(H,17,18). The number of aromatic nitrogens is 1. The monoisotopic (exact) mass is 297 g/mol. The van der Waals surface area contributed by atoms with Gasteiger partial charge in [0, 0.05) is 11.9 Å². The lowest BCUT2D eigenvalue weighted by atomic mass is 10.1. The van der Waals surface area contributed by atoms with Crippen LogP contribution in [0.25, 0.3) is 0 Å². The van der Waals surface area contributed by atoms with Crippen LogP contribution in [0, 0.1) is 5.82 Å². The number of halogens is 2. The molecule has 0 unspecified atom stereocenters. The fourth-order valence-electron chi connectivity index (χ4n) is 1.46. The van der Waals surface area contributed by atoms with Crippen LogP contribution in [-0.4, -0.2) is 16.1 Å². The molecular formula is C13H9ClFNO2S. The minimum Gasteiger partial charge on any atom is -0.478 e. The van der Waals surface area contributed by atoms with Gasteiger partial charge in [0.2, 0.25) is 0 Å². The maximum Gasteiger partial charge on any atom is 0.338 e. The van der Waals surface area contributed by atoms with Crippen LogP contribution in [0.3, 0.4) is 0 Å². The average molecular weight is 298 g/mol. The van der Waals surface area contributed by atoms with Crippen LogP contribution in [0.5, 0.6) is 0 Å². The number of hydrogen-bond acceptors (Lipinski definition) is 3. The van der Waals surface area contributed by atoms with Crippen LogP contribution in [0.1, 0.15) is 15.9 Å². The Labute approximate surface area is 118 Å². The molecule has 1 heterocycles. The predicted octanol–water partition coefficient (Wildman–Crippen LogP) is 3.86. The van der Waals surface area contributed by atoms with E-state index in [0.29, 0.717) is 21.4 Å². The molecule has 0 saturated carbocycles. The van der Waals surface area contributed by atoms with E-state index in [1.807, 2.05) is 0 Å². The van der Waals surface area contributed by atoms with Gasteiger partial charge in [-0.3, -0.25) is 0 Å². The van der Waals surface area contributed by atoms with Gasteiger partial charge in [-0.05, 0) is 23.8 Å². The zero-order valence-corrected chi connectivity index (χ0v) is 11.2. The van der Waals surface area contributed by atoms with Crippen molar-refractivity contribution in [1.82, 2.24) is 4.98 Å². The van der Waals surface area contributed by atoms with Gasteiger partial charge in [-0.25, -0.2) is 14.2 Å². The van der Waals surface area contributed by atoms with E-state index in [0.717, 1.165) is 0 Å². The van der Waals surface area contributed by atoms with Gasteiger partial charge in [-0.1, -0.05) is 23.7 Å². The molecule has 0 aliphatic rings. The Morgan fingerprint density at radius 1 is 1.37 bits per heavy atom. The third-order valence-corrected chi connectivity index (χ3v) is 3.60. The molecule has 0 fully saturated rings. The Hall–Kier alpha value is -1.59. The molecule has 0 radical (unpaired) electrons. The second-order valence-electron chi connectivity index (χ2n) is 3.69. The van der Waals surface area contributed by atoms with Crippen molar-refractivity contribution in [3.05, 3.63) is 58.5 Å². The average Bonchev–Trinajstić information content (AvgIpc) is 2.39. The summed E-state index contributed by atoms with van der Waals surface area (Å²) in [6, 6.07) is 7.75. The number of nitrogens with zero attached hydrogens (tertiary/aromatic N) is 1. The Balaban J connectivity index is 2.13. The van der Waals surface area contributed by atoms with E-state index in [4.69, 9.17) is 16.7 Å². The van der Waals surface area contributed by atoms with Crippen LogP contribution in [0.15, 0.2) is 41.6 Å². The minimum atomic E-state index is -1.27. The second-order valence-corrected chi connectivity index (χ2v) is 5.12. The number of carboxylic acid groups (broad SMARTS) is 1. The van der Waals surface area contributed by atoms with Gasteiger partial charge in [0.1, 0.15) is 5.82 Å². The first-order valence-electron chi connectivity index (χ1n) is 5.33. The molecule has 2 aromatic rings. The van der Waals surface area contributed by atoms with Crippen molar-refractivity contribution in [2.24, 2.45) is 0 Å². The highest BCUT2D eigenvalue weighted by molar-refractivity contribution is 7.98. The largest absolute Gasteiger partial charge is 0.478 e. The molecule has 0 atom stereocenters. The molecule has 0 amide bonds. The van der Waals surface area contributed by atoms with E-state index in [-0.39, 0.29) is 5.56 Å². The van der Waals surface area contributed by atoms with Crippen molar-refractivity contribution in [2.45, 2.75) is 10.8 Å². The first kappa shape index (κ1) is 13.8. The smallest absolute Gasteiger partial charge is 0.338 e. The Morgan fingerprint density at radius 2 is 2.16 bits per heavy atom. The van der Waals surface area contributed by atoms with Crippen LogP contribution >= 0.6 is 23.4 Å². The Morgan fingerprint density at radius 3 is 2.79 bits per heavy atom. The number of carbonyl (C=O) groups is 1. The van der Waals surface area contributed by atoms with E-state index in [1.165, 1.54) is 30.1 Å². The number of thioether (sulfide) groups is 1. The van der Waals surface area contributed by atoms with Gasteiger partial charge in [-0.15, -0.1) is 11.8 Å². The lowest BCUT2D eigenvalue weighted by Gasteiger charge is -2.05. The van der Waals surface area contributed by atoms with Crippen molar-refractivity contribution < 1.29 is 14.3 Å². The van der Waals surface area contributed by atoms with Crippen molar-refractivity contribution in [2.75, 3.05) is 0 Å². The molecule has 0 spiro atoms. The summed E-state index contributed by atoms with van der Waals surface area (Å²) in [6.07, 6.45) is 1.51. The molecule has 0 aliphatic heterocycles. The van der Waals surface area contributed by atoms with E-state index < -0.39 is 11.8 Å². The van der Waals surface area contributed by atoms with Crippen molar-refractivity contribution >= 4 is 29.3 Å². The number of aromatic carboxylic acids is 1. The summed E-state index contributed by atoms with van der Waals surface area (Å²) in [5.74, 6) is -1.66. The fraction of sp³-hybridized carbons (Fsp3) is 0.0769. The summed E-state index contributed by atoms with van der Waals surface area (Å²) >= 11 is 7.03. The van der Waals surface area contributed by atoms with Gasteiger partial charge < -0.3 is 5.11 Å². The molecule has 1 aromatic heterocycles. The number of hydrogen-bond donors (Lipinski definition) is 1. The highest BCUT2D eigenvalue weighted by Gasteiger charge is 2.13. The summed E-state index contributed by atoms with van der Waals surface area (Å²) in [6.45, 7) is 0. The highest BCUT2D eigenvalue weighted by Crippen LogP contribution is 2.24. The summed E-state index contributed by atoms with van der Waals surface area (Å²) in [5, 5.41) is 10.1. The topological polar surface area (TPSA) is 50.2 Å². The minimum absolute atomic E-state index is 0.307. The van der Waals surface area contributed by atoms with E-state index in [2.05, 4.69) is 4.98 Å². The number of benzene rings is 1. The summed E-state index contributed by atoms with van der Waals surface area (Å²) in [7, 11) is 0. The molecule has 19 heavy (non-hydrogen) atoms. The quantitative estimate of drug-likeness (QED) is 0.871. The third-order valence-electron chi connectivity index (χ3n) is 2.38. The van der Waals surface area contributed by atoms with Crippen molar-refractivity contribution in [3.63, 3.8) is 0 Å². The number of carboxylic acids is 1. The van der Waals surface area contributed by atoms with E-state index in [9.17, 15) is 9.18 Å². The van der Waals surface area contributed by atoms with Gasteiger partial charge in [0.15, 0.2) is 0 Å². The van der Waals surface area contributed by atoms with Crippen molar-refractivity contribution in [1.29, 1.82) is 0 Å². The lowest BCUT2D eigenvalue weighted by molar-refractivity contribution is 0.0691. The molecule has 3 nitrogen and oxygen atoms in total. The molecule has 0 bridgehead atoms. The number of rotatable bonds is 4. The van der Waals surface area contributed by atoms with E-state index in [1.54, 1.807) is 18.2 Å². The molecule has 2 rings (SSSR count). The SMILES string of the molecule is O=C(O)c1cccc(CSc2ccc(Cl)cn2)c1F. The molecule has 98 valence electrons. The predicted molar refractivity (Wildman–Crippen MR) is 72.2 cm³/mol. The fourth-order valence-corrected chi connectivity index (χ4v) is 2.39. The zero-order chi connectivity index (χ0) is 13.8. The van der Waals surface area contributed by atoms with Gasteiger partial charge in [-0.2, -0.15) is 0 Å². The first-order chi connectivity index (χ1) is 9.08. The molecule has 1 aromatic carbocycles. The molecular weight excluding hydrogens is 289 g/mol. The molecule has 1 N–H and O–H groups in total. The zero-order valence-electron chi connectivity index (χ0n) is 9.64. The third kappa shape index (κ3) is 3.45. The summed E-state index contributed by atoms with van der Waals surface area (Å²) in [4.78, 5) is 14.9. The van der Waals surface area contributed by atoms with Gasteiger partial charge in [0.25, 0.3) is 0 Å². The molecule has 0 aliphatic carbocycles. The molecule has 6 heteroatoms. The highest BCUT2D eigenvalue weighted by atomic mass is 35.5. The number of pyridine rings is 1. The molecule has 0 saturated heterocycles.